The summed E-state index contributed by atoms with van der Waals surface area (Å²) in [5.74, 6) is -0.805. The number of carbonyl (C=O) groups excluding carboxylic acids is 3. The zero-order valence-corrected chi connectivity index (χ0v) is 23.1. The molecule has 41 heavy (non-hydrogen) atoms. The number of aromatic nitrogens is 3. The van der Waals surface area contributed by atoms with Crippen molar-refractivity contribution in [2.24, 2.45) is 5.92 Å². The maximum Gasteiger partial charge on any atom is 0.272 e. The van der Waals surface area contributed by atoms with Crippen LogP contribution < -0.4 is 20.7 Å². The van der Waals surface area contributed by atoms with Gasteiger partial charge in [0.15, 0.2) is 17.3 Å². The van der Waals surface area contributed by atoms with E-state index < -0.39 is 16.7 Å². The summed E-state index contributed by atoms with van der Waals surface area (Å²) < 4.78 is 5.70. The van der Waals surface area contributed by atoms with Gasteiger partial charge in [0.25, 0.3) is 11.8 Å². The number of anilines is 3. The lowest BCUT2D eigenvalue weighted by atomic mass is 9.49. The second kappa shape index (κ2) is 10.8. The van der Waals surface area contributed by atoms with Crippen molar-refractivity contribution < 1.29 is 24.2 Å². The molecule has 5 rings (SSSR count). The second-order valence-electron chi connectivity index (χ2n) is 10.3. The first-order valence-electron chi connectivity index (χ1n) is 12.6. The number of hydrogen-bond acceptors (Lipinski definition) is 10. The lowest BCUT2D eigenvalue weighted by molar-refractivity contribution is -0.117. The highest BCUT2D eigenvalue weighted by Crippen LogP contribution is 2.40. The Morgan fingerprint density at radius 1 is 1.17 bits per heavy atom. The Morgan fingerprint density at radius 3 is 2.54 bits per heavy atom. The lowest BCUT2D eigenvalue weighted by Gasteiger charge is -2.43. The summed E-state index contributed by atoms with van der Waals surface area (Å²) in [5, 5.41) is 24.4. The Labute approximate surface area is 243 Å². The summed E-state index contributed by atoms with van der Waals surface area (Å²) in [6.07, 6.45) is 3.07. The predicted octanol–water partition coefficient (Wildman–Crippen LogP) is 0.754. The number of benzene rings is 1. The number of likely N-dealkylation sites (tertiary alicyclic amines) is 1. The predicted molar refractivity (Wildman–Crippen MR) is 155 cm³/mol. The Morgan fingerprint density at radius 2 is 1.90 bits per heavy atom. The third kappa shape index (κ3) is 6.54. The smallest absolute Gasteiger partial charge is 0.272 e. The molecule has 1 saturated heterocycles. The number of methoxy groups -OCH3 is 1. The van der Waals surface area contributed by atoms with Gasteiger partial charge in [-0.25, -0.2) is 4.98 Å². The SMILES string of the molecule is [B]C([B])([B])NC(=O)c1nnc(NC(=O)C2CC2)cc1Nc1cccc(-c2ncc(C(=O)N3CC(C)(O)C3)s2)c1OC. The molecule has 1 aromatic carbocycles. The molecule has 6 radical (unpaired) electrons. The molecule has 1 saturated carbocycles. The summed E-state index contributed by atoms with van der Waals surface area (Å²) in [6.45, 7) is 2.18. The molecular formula is C25H24B3N7O5S. The maximum atomic E-state index is 12.9. The van der Waals surface area contributed by atoms with E-state index in [1.807, 2.05) is 0 Å². The van der Waals surface area contributed by atoms with E-state index in [9.17, 15) is 19.5 Å². The van der Waals surface area contributed by atoms with Crippen LogP contribution in [0.25, 0.3) is 10.6 Å². The van der Waals surface area contributed by atoms with Gasteiger partial charge in [0.2, 0.25) is 5.91 Å². The van der Waals surface area contributed by atoms with Gasteiger partial charge in [-0.2, -0.15) is 0 Å². The lowest BCUT2D eigenvalue weighted by Crippen LogP contribution is -2.61. The molecule has 1 aliphatic heterocycles. The van der Waals surface area contributed by atoms with E-state index in [4.69, 9.17) is 28.3 Å². The van der Waals surface area contributed by atoms with Crippen molar-refractivity contribution in [2.75, 3.05) is 30.8 Å². The number of ether oxygens (including phenoxy) is 1. The van der Waals surface area contributed by atoms with Crippen LogP contribution in [0.5, 0.6) is 5.75 Å². The van der Waals surface area contributed by atoms with Crippen molar-refractivity contribution in [2.45, 2.75) is 30.6 Å². The van der Waals surface area contributed by atoms with E-state index in [0.717, 1.165) is 12.8 Å². The molecule has 2 fully saturated rings. The third-order valence-corrected chi connectivity index (χ3v) is 7.34. The fourth-order valence-electron chi connectivity index (χ4n) is 4.29. The van der Waals surface area contributed by atoms with Gasteiger partial charge in [-0.3, -0.25) is 14.4 Å². The van der Waals surface area contributed by atoms with Crippen molar-refractivity contribution in [1.29, 1.82) is 0 Å². The summed E-state index contributed by atoms with van der Waals surface area (Å²) >= 11 is 1.18. The van der Waals surface area contributed by atoms with E-state index in [1.54, 1.807) is 30.0 Å². The van der Waals surface area contributed by atoms with Crippen molar-refractivity contribution in [3.05, 3.63) is 41.0 Å². The van der Waals surface area contributed by atoms with Crippen LogP contribution in [-0.2, 0) is 4.79 Å². The molecule has 1 aliphatic carbocycles. The number of thiazole rings is 1. The molecule has 3 amide bonds. The van der Waals surface area contributed by atoms with Crippen LogP contribution in [0.2, 0.25) is 0 Å². The van der Waals surface area contributed by atoms with Gasteiger partial charge in [-0.15, -0.1) is 21.5 Å². The largest absolute Gasteiger partial charge is 0.494 e. The van der Waals surface area contributed by atoms with Gasteiger partial charge in [0.05, 0.1) is 72.5 Å². The van der Waals surface area contributed by atoms with Crippen molar-refractivity contribution in [3.8, 4) is 16.3 Å². The molecule has 0 bridgehead atoms. The fourth-order valence-corrected chi connectivity index (χ4v) is 5.19. The Bertz CT molecular complexity index is 1520. The molecule has 16 heteroatoms. The standard InChI is InChI=1S/C25H24B3N7O5S/c1-24(39)10-35(11-24)23(38)16-9-29-22(41-16)13-4-3-5-14(19(13)40-2)30-15-8-17(31-20(36)12-6-7-12)33-34-18(15)21(37)32-25(26,27)28/h3-5,8-9,12,39H,6-7,10-11H2,1-2H3,(H,32,37)(H2,30,31,33,36). The van der Waals surface area contributed by atoms with Gasteiger partial charge in [-0.05, 0) is 31.9 Å². The number of aliphatic hydroxyl groups is 1. The molecule has 0 spiro atoms. The number of amides is 3. The topological polar surface area (TPSA) is 159 Å². The first-order chi connectivity index (χ1) is 19.3. The van der Waals surface area contributed by atoms with Gasteiger partial charge in [-0.1, -0.05) is 11.3 Å². The van der Waals surface area contributed by atoms with Crippen molar-refractivity contribution in [1.82, 2.24) is 25.4 Å². The molecule has 0 atom stereocenters. The quantitative estimate of drug-likeness (QED) is 0.274. The van der Waals surface area contributed by atoms with Gasteiger partial charge in [0.1, 0.15) is 9.88 Å². The van der Waals surface area contributed by atoms with Crippen LogP contribution in [0, 0.1) is 5.92 Å². The van der Waals surface area contributed by atoms with Crippen molar-refractivity contribution >= 4 is 69.8 Å². The highest BCUT2D eigenvalue weighted by Gasteiger charge is 2.40. The van der Waals surface area contributed by atoms with Gasteiger partial charge >= 0.3 is 0 Å². The van der Waals surface area contributed by atoms with Crippen LogP contribution in [-0.4, -0.2) is 97.5 Å². The fraction of sp³-hybridized carbons (Fsp3) is 0.360. The Kier molecular flexibility index (Phi) is 7.55. The molecule has 2 aromatic heterocycles. The molecule has 4 N–H and O–H groups in total. The summed E-state index contributed by atoms with van der Waals surface area (Å²) in [7, 11) is 18.1. The first kappa shape index (κ1) is 28.6. The number of hydrogen-bond donors (Lipinski definition) is 4. The van der Waals surface area contributed by atoms with E-state index >= 15 is 0 Å². The number of rotatable bonds is 9. The summed E-state index contributed by atoms with van der Waals surface area (Å²) in [6, 6.07) is 6.66. The summed E-state index contributed by atoms with van der Waals surface area (Å²) in [5.41, 5.74) is 0.0818. The molecule has 3 heterocycles. The normalized spacial score (nSPS) is 15.9. The van der Waals surface area contributed by atoms with E-state index in [0.29, 0.717) is 26.9 Å². The maximum absolute atomic E-state index is 12.9. The molecular weight excluding hydrogens is 543 g/mol. The average Bonchev–Trinajstić information content (AvgIpc) is 3.62. The average molecular weight is 567 g/mol. The monoisotopic (exact) mass is 567 g/mol. The van der Waals surface area contributed by atoms with E-state index in [1.165, 1.54) is 30.7 Å². The van der Waals surface area contributed by atoms with E-state index in [-0.39, 0.29) is 48.0 Å². The minimum absolute atomic E-state index is 0.0791. The van der Waals surface area contributed by atoms with Crippen LogP contribution in [0.15, 0.2) is 30.5 Å². The van der Waals surface area contributed by atoms with E-state index in [2.05, 4.69) is 31.1 Å². The minimum atomic E-state index is -2.02. The summed E-state index contributed by atoms with van der Waals surface area (Å²) in [4.78, 5) is 44.4. The second-order valence-corrected chi connectivity index (χ2v) is 11.4. The molecule has 2 aliphatic rings. The number of para-hydroxylation sites is 1. The Balaban J connectivity index is 1.45. The third-order valence-electron chi connectivity index (χ3n) is 6.32. The van der Waals surface area contributed by atoms with Crippen LogP contribution in [0.3, 0.4) is 0 Å². The highest BCUT2D eigenvalue weighted by molar-refractivity contribution is 7.17. The zero-order chi connectivity index (χ0) is 29.5. The number of nitrogens with one attached hydrogen (secondary N) is 3. The van der Waals surface area contributed by atoms with Crippen LogP contribution in [0.1, 0.15) is 39.9 Å². The van der Waals surface area contributed by atoms with Gasteiger partial charge in [0, 0.05) is 12.0 Å². The number of nitrogens with zero attached hydrogens (tertiary/aromatic N) is 4. The zero-order valence-electron chi connectivity index (χ0n) is 22.3. The highest BCUT2D eigenvalue weighted by atomic mass is 32.1. The molecule has 3 aromatic rings. The van der Waals surface area contributed by atoms with Gasteiger partial charge < -0.3 is 30.7 Å². The molecule has 0 unspecified atom stereocenters. The van der Waals surface area contributed by atoms with Crippen LogP contribution >= 0.6 is 11.3 Å². The first-order valence-corrected chi connectivity index (χ1v) is 13.4. The molecule has 12 nitrogen and oxygen atoms in total. The number of carbonyl (C=O) groups is 3. The molecule has 204 valence electrons. The number of β-amino-alcohol motifs (C(OH)–C–C–N with tert-alkyl or cyclic N) is 1. The minimum Gasteiger partial charge on any atom is -0.494 e. The van der Waals surface area contributed by atoms with Crippen molar-refractivity contribution in [3.63, 3.8) is 0 Å². The van der Waals surface area contributed by atoms with Crippen LogP contribution in [0.4, 0.5) is 17.2 Å². The Hall–Kier alpha value is -3.91.